The summed E-state index contributed by atoms with van der Waals surface area (Å²) in [7, 11) is 12.7. The second kappa shape index (κ2) is 31.5. The predicted molar refractivity (Wildman–Crippen MR) is 352 cm³/mol. The van der Waals surface area contributed by atoms with Gasteiger partial charge in [-0.05, 0) is 215 Å². The highest BCUT2D eigenvalue weighted by Crippen LogP contribution is 2.41. The van der Waals surface area contributed by atoms with Gasteiger partial charge in [0, 0.05) is 27.9 Å². The van der Waals surface area contributed by atoms with Gasteiger partial charge in [0.1, 0.15) is 23.0 Å². The first-order valence-corrected chi connectivity index (χ1v) is 31.0. The minimum absolute atomic E-state index is 0.630. The van der Waals surface area contributed by atoms with Crippen molar-refractivity contribution in [3.63, 3.8) is 0 Å². The standard InChI is InChI=1S/C73H89N7O4/c1-8-9-10-11-12-13-14-15-21-53-84-69-26-17-16-25-60(69)73-67-45-43-65(76-67)71(55-29-35-58(36-30-55)82-51-23-19-48-79(4)5)63-41-39-61(74-63)70(54-27-33-57(34-28-54)81-50-22-18-47-78(2)3)62-40-42-64(75-62)72(66-44-46-68(73)77-66)56-31-37-59(38-32-56)83-52-24-20-49-80(6)7/h16-17,25-46H,8-15,18-24,47-53H2,1-7H3. The number of rotatable bonds is 33. The van der Waals surface area contributed by atoms with Crippen LogP contribution in [0.3, 0.4) is 0 Å². The van der Waals surface area contributed by atoms with E-state index in [9.17, 15) is 0 Å². The second-order valence-corrected chi connectivity index (χ2v) is 23.2. The van der Waals surface area contributed by atoms with Crippen LogP contribution in [0.5, 0.6) is 23.0 Å². The number of aliphatic imine (C=N–C) groups is 4. The molecule has 0 aromatic heterocycles. The molecule has 0 saturated carbocycles. The molecule has 0 radical (unpaired) electrons. The Labute approximate surface area is 501 Å². The number of ether oxygens (including phenoxy) is 4. The van der Waals surface area contributed by atoms with Crippen molar-refractivity contribution < 1.29 is 18.9 Å². The third-order valence-electron chi connectivity index (χ3n) is 15.5. The van der Waals surface area contributed by atoms with Crippen LogP contribution in [0, 0.1) is 0 Å². The number of para-hydroxylation sites is 1. The van der Waals surface area contributed by atoms with Crippen LogP contribution in [0.2, 0.25) is 0 Å². The lowest BCUT2D eigenvalue weighted by Crippen LogP contribution is -2.13. The molecule has 4 aromatic rings. The van der Waals surface area contributed by atoms with Crippen molar-refractivity contribution in [1.29, 1.82) is 0 Å². The van der Waals surface area contributed by atoms with E-state index in [0.717, 1.165) is 184 Å². The van der Waals surface area contributed by atoms with E-state index >= 15 is 0 Å². The summed E-state index contributed by atoms with van der Waals surface area (Å²) in [6, 6.07) is 33.6. The van der Waals surface area contributed by atoms with Crippen LogP contribution >= 0.6 is 0 Å². The lowest BCUT2D eigenvalue weighted by molar-refractivity contribution is 0.293. The number of benzene rings is 4. The zero-order valence-corrected chi connectivity index (χ0v) is 51.2. The van der Waals surface area contributed by atoms with E-state index in [0.29, 0.717) is 26.4 Å². The van der Waals surface area contributed by atoms with Gasteiger partial charge in [0.05, 0.1) is 72.1 Å². The molecule has 0 spiro atoms. The smallest absolute Gasteiger partial charge is 0.127 e. The van der Waals surface area contributed by atoms with Gasteiger partial charge in [0.2, 0.25) is 0 Å². The van der Waals surface area contributed by atoms with E-state index < -0.39 is 0 Å². The molecule has 5 heterocycles. The van der Waals surface area contributed by atoms with Crippen molar-refractivity contribution >= 4 is 45.1 Å². The van der Waals surface area contributed by atoms with Crippen LogP contribution in [-0.2, 0) is 0 Å². The SMILES string of the molecule is CCCCCCCCCCCOc1ccccc1C1=C2C=CC(=N2)C(c2ccc(OCCCCN(C)C)cc2)=C2C=CC(=N2)C(c2ccc(OCCCCN(C)C)cc2)=C2C=CC(=N2)C(c2ccc(OCCCCN(C)C)cc2)=C2C=CC1=N2. The summed E-state index contributed by atoms with van der Waals surface area (Å²) in [6.07, 6.45) is 34.4. The second-order valence-electron chi connectivity index (χ2n) is 23.2. The molecule has 0 N–H and O–H groups in total. The summed E-state index contributed by atoms with van der Waals surface area (Å²) in [5.74, 6) is 3.31. The zero-order valence-electron chi connectivity index (χ0n) is 51.2. The number of hydrogen-bond acceptors (Lipinski definition) is 11. The van der Waals surface area contributed by atoms with Crippen molar-refractivity contribution in [2.75, 3.05) is 88.3 Å². The molecule has 11 nitrogen and oxygen atoms in total. The van der Waals surface area contributed by atoms with Gasteiger partial charge in [-0.15, -0.1) is 0 Å². The number of fused-ring (bicyclic) bond motifs is 4. The molecule has 9 rings (SSSR count). The van der Waals surface area contributed by atoms with Crippen LogP contribution in [0.4, 0.5) is 0 Å². The fourth-order valence-corrected chi connectivity index (χ4v) is 11.0. The molecular formula is C73H89N7O4. The zero-order chi connectivity index (χ0) is 58.5. The highest BCUT2D eigenvalue weighted by Gasteiger charge is 2.29. The highest BCUT2D eigenvalue weighted by molar-refractivity contribution is 6.39. The number of allylic oxidation sites excluding steroid dienone is 12. The molecule has 84 heavy (non-hydrogen) atoms. The summed E-state index contributed by atoms with van der Waals surface area (Å²) in [6.45, 7) is 7.98. The van der Waals surface area contributed by atoms with Crippen molar-refractivity contribution in [2.45, 2.75) is 103 Å². The fraction of sp³-hybridized carbons (Fsp3) is 0.397. The Morgan fingerprint density at radius 1 is 0.310 bits per heavy atom. The van der Waals surface area contributed by atoms with Crippen LogP contribution in [0.1, 0.15) is 125 Å². The molecule has 11 heteroatoms. The van der Waals surface area contributed by atoms with Crippen LogP contribution < -0.4 is 18.9 Å². The Morgan fingerprint density at radius 3 is 0.988 bits per heavy atom. The lowest BCUT2D eigenvalue weighted by atomic mass is 9.97. The summed E-state index contributed by atoms with van der Waals surface area (Å²) >= 11 is 0. The Hall–Kier alpha value is -7.44. The molecule has 5 aliphatic rings. The summed E-state index contributed by atoms with van der Waals surface area (Å²) in [4.78, 5) is 29.0. The molecule has 0 atom stereocenters. The molecule has 0 amide bonds. The Morgan fingerprint density at radius 2 is 0.619 bits per heavy atom. The van der Waals surface area contributed by atoms with Gasteiger partial charge in [0.25, 0.3) is 0 Å². The van der Waals surface area contributed by atoms with Crippen molar-refractivity contribution in [3.05, 3.63) is 191 Å². The normalized spacial score (nSPS) is 15.4. The van der Waals surface area contributed by atoms with Gasteiger partial charge >= 0.3 is 0 Å². The van der Waals surface area contributed by atoms with Crippen LogP contribution in [-0.4, -0.2) is 126 Å². The fourth-order valence-electron chi connectivity index (χ4n) is 11.0. The van der Waals surface area contributed by atoms with E-state index in [1.165, 1.54) is 44.9 Å². The Balaban J connectivity index is 1.14. The first kappa shape index (κ1) is 61.1. The average molecular weight is 1130 g/mol. The number of unbranched alkanes of at least 4 members (excludes halogenated alkanes) is 11. The van der Waals surface area contributed by atoms with E-state index in [2.05, 4.69) is 210 Å². The van der Waals surface area contributed by atoms with E-state index in [1.807, 2.05) is 0 Å². The topological polar surface area (TPSA) is 96.1 Å². The minimum atomic E-state index is 0.630. The van der Waals surface area contributed by atoms with Crippen molar-refractivity contribution in [2.24, 2.45) is 20.0 Å². The quantitative estimate of drug-likeness (QED) is 0.0439. The van der Waals surface area contributed by atoms with Crippen LogP contribution in [0.15, 0.2) is 188 Å². The molecule has 0 saturated heterocycles. The van der Waals surface area contributed by atoms with Crippen molar-refractivity contribution in [1.82, 2.24) is 14.7 Å². The van der Waals surface area contributed by atoms with Crippen molar-refractivity contribution in [3.8, 4) is 23.0 Å². The monoisotopic (exact) mass is 1130 g/mol. The molecule has 5 aliphatic heterocycles. The molecule has 0 fully saturated rings. The first-order valence-electron chi connectivity index (χ1n) is 31.0. The van der Waals surface area contributed by atoms with Gasteiger partial charge in [-0.3, -0.25) is 0 Å². The first-order chi connectivity index (χ1) is 41.1. The highest BCUT2D eigenvalue weighted by atomic mass is 16.5. The minimum Gasteiger partial charge on any atom is -0.494 e. The van der Waals surface area contributed by atoms with Crippen LogP contribution in [0.25, 0.3) is 22.3 Å². The summed E-state index contributed by atoms with van der Waals surface area (Å²) < 4.78 is 25.6. The molecule has 4 aromatic carbocycles. The maximum Gasteiger partial charge on any atom is 0.127 e. The largest absolute Gasteiger partial charge is 0.494 e. The maximum absolute atomic E-state index is 6.77. The lowest BCUT2D eigenvalue weighted by Gasteiger charge is -2.16. The molecule has 0 aliphatic carbocycles. The van der Waals surface area contributed by atoms with Gasteiger partial charge in [-0.2, -0.15) is 0 Å². The van der Waals surface area contributed by atoms with E-state index in [-0.39, 0.29) is 0 Å². The number of hydrogen-bond donors (Lipinski definition) is 0. The van der Waals surface area contributed by atoms with Gasteiger partial charge < -0.3 is 33.6 Å². The predicted octanol–water partition coefficient (Wildman–Crippen LogP) is 15.8. The van der Waals surface area contributed by atoms with Gasteiger partial charge in [0.15, 0.2) is 0 Å². The number of nitrogens with zero attached hydrogens (tertiary/aromatic N) is 7. The molecular weight excluding hydrogens is 1040 g/mol. The molecule has 0 unspecified atom stereocenters. The Kier molecular flexibility index (Phi) is 22.9. The Bertz CT molecular complexity index is 3190. The average Bonchev–Trinajstić information content (AvgIpc) is 3.08. The maximum atomic E-state index is 6.77. The third kappa shape index (κ3) is 17.1. The molecule has 8 bridgehead atoms. The van der Waals surface area contributed by atoms with Gasteiger partial charge in [-0.1, -0.05) is 113 Å². The summed E-state index contributed by atoms with van der Waals surface area (Å²) in [5, 5.41) is 0. The third-order valence-corrected chi connectivity index (χ3v) is 15.5. The van der Waals surface area contributed by atoms with E-state index in [1.54, 1.807) is 0 Å². The van der Waals surface area contributed by atoms with Gasteiger partial charge in [-0.25, -0.2) is 20.0 Å². The molecule has 440 valence electrons. The van der Waals surface area contributed by atoms with E-state index in [4.69, 9.17) is 38.9 Å². The summed E-state index contributed by atoms with van der Waals surface area (Å²) in [5.41, 5.74) is 13.9.